The normalized spacial score (nSPS) is 32.1. The van der Waals surface area contributed by atoms with E-state index in [1.54, 1.807) is 6.07 Å². The number of anilines is 1. The highest BCUT2D eigenvalue weighted by Gasteiger charge is 2.66. The highest BCUT2D eigenvalue weighted by atomic mass is 16.6. The molecular weight excluding hydrogens is 398 g/mol. The largest absolute Gasteiger partial charge is 0.326 e. The lowest BCUT2D eigenvalue weighted by atomic mass is 9.63. The second kappa shape index (κ2) is 7.59. The lowest BCUT2D eigenvalue weighted by Crippen LogP contribution is -2.40. The van der Waals surface area contributed by atoms with Crippen LogP contribution < -0.4 is 5.32 Å². The third kappa shape index (κ3) is 3.43. The van der Waals surface area contributed by atoms with E-state index in [-0.39, 0.29) is 53.5 Å². The molecule has 0 spiro atoms. The van der Waals surface area contributed by atoms with Crippen LogP contribution in [0.25, 0.3) is 0 Å². The Hall–Kier alpha value is -3.03. The summed E-state index contributed by atoms with van der Waals surface area (Å²) in [5, 5.41) is 13.5. The third-order valence-corrected chi connectivity index (χ3v) is 7.38. The number of non-ortho nitro benzene ring substituents is 1. The fourth-order valence-corrected chi connectivity index (χ4v) is 5.89. The molecule has 6 rings (SSSR count). The van der Waals surface area contributed by atoms with Gasteiger partial charge in [-0.05, 0) is 49.0 Å². The van der Waals surface area contributed by atoms with Crippen molar-refractivity contribution in [2.45, 2.75) is 32.1 Å². The summed E-state index contributed by atoms with van der Waals surface area (Å²) in [4.78, 5) is 49.7. The molecule has 6 unspecified atom stereocenters. The smallest absolute Gasteiger partial charge is 0.271 e. The molecule has 1 heterocycles. The van der Waals surface area contributed by atoms with Gasteiger partial charge in [0.1, 0.15) is 0 Å². The molecule has 162 valence electrons. The fraction of sp³-hybridized carbons (Fsp3) is 0.522. The van der Waals surface area contributed by atoms with E-state index in [1.165, 1.54) is 23.1 Å². The first-order valence-electron chi connectivity index (χ1n) is 11.0. The topological polar surface area (TPSA) is 110 Å². The first kappa shape index (κ1) is 19.9. The van der Waals surface area contributed by atoms with Crippen LogP contribution in [0.5, 0.6) is 0 Å². The molecule has 8 nitrogen and oxygen atoms in total. The molecule has 4 aliphatic carbocycles. The van der Waals surface area contributed by atoms with Crippen molar-refractivity contribution in [3.05, 3.63) is 46.5 Å². The minimum atomic E-state index is -0.503. The van der Waals surface area contributed by atoms with E-state index >= 15 is 0 Å². The zero-order valence-corrected chi connectivity index (χ0v) is 17.1. The number of hydrogen-bond acceptors (Lipinski definition) is 5. The number of nitro benzene ring substituents is 1. The van der Waals surface area contributed by atoms with Gasteiger partial charge in [0.2, 0.25) is 17.7 Å². The Morgan fingerprint density at radius 3 is 2.39 bits per heavy atom. The van der Waals surface area contributed by atoms with Crippen LogP contribution in [0.3, 0.4) is 0 Å². The summed E-state index contributed by atoms with van der Waals surface area (Å²) < 4.78 is 0. The molecule has 1 aromatic rings. The highest BCUT2D eigenvalue weighted by molar-refractivity contribution is 6.06. The van der Waals surface area contributed by atoms with Gasteiger partial charge < -0.3 is 5.32 Å². The molecule has 31 heavy (non-hydrogen) atoms. The number of unbranched alkanes of at least 4 members (excludes halogenated alkanes) is 2. The van der Waals surface area contributed by atoms with Crippen LogP contribution >= 0.6 is 0 Å². The summed E-state index contributed by atoms with van der Waals surface area (Å²) in [7, 11) is 0. The van der Waals surface area contributed by atoms with Crippen molar-refractivity contribution in [2.24, 2.45) is 35.5 Å². The van der Waals surface area contributed by atoms with Crippen molar-refractivity contribution in [3.8, 4) is 0 Å². The number of nitrogens with zero attached hydrogens (tertiary/aromatic N) is 2. The van der Waals surface area contributed by atoms with Crippen LogP contribution in [0.2, 0.25) is 0 Å². The molecule has 1 saturated heterocycles. The number of benzene rings is 1. The molecule has 1 aromatic carbocycles. The molecule has 2 saturated carbocycles. The van der Waals surface area contributed by atoms with E-state index in [0.717, 1.165) is 12.8 Å². The summed E-state index contributed by atoms with van der Waals surface area (Å²) in [6.45, 7) is 0.423. The molecule has 3 amide bonds. The number of nitro groups is 1. The maximum atomic E-state index is 12.9. The second-order valence-corrected chi connectivity index (χ2v) is 9.15. The molecule has 0 aromatic heterocycles. The van der Waals surface area contributed by atoms with Gasteiger partial charge in [-0.3, -0.25) is 29.4 Å². The maximum Gasteiger partial charge on any atom is 0.271 e. The van der Waals surface area contributed by atoms with E-state index in [2.05, 4.69) is 17.5 Å². The molecular formula is C23H25N3O5. The minimum absolute atomic E-state index is 0.00288. The van der Waals surface area contributed by atoms with Crippen molar-refractivity contribution in [1.29, 1.82) is 0 Å². The Morgan fingerprint density at radius 2 is 1.74 bits per heavy atom. The Bertz CT molecular complexity index is 953. The van der Waals surface area contributed by atoms with Crippen LogP contribution in [0.4, 0.5) is 11.4 Å². The fourth-order valence-electron chi connectivity index (χ4n) is 5.89. The minimum Gasteiger partial charge on any atom is -0.326 e. The maximum absolute atomic E-state index is 12.9. The van der Waals surface area contributed by atoms with Gasteiger partial charge in [0, 0.05) is 30.8 Å². The Morgan fingerprint density at radius 1 is 1.06 bits per heavy atom. The van der Waals surface area contributed by atoms with E-state index in [4.69, 9.17) is 0 Å². The summed E-state index contributed by atoms with van der Waals surface area (Å²) in [6.07, 6.45) is 7.83. The van der Waals surface area contributed by atoms with Gasteiger partial charge in [0.25, 0.3) is 5.69 Å². The number of amides is 3. The summed E-state index contributed by atoms with van der Waals surface area (Å²) >= 11 is 0. The van der Waals surface area contributed by atoms with Gasteiger partial charge in [0.05, 0.1) is 16.8 Å². The number of carbonyl (C=O) groups is 3. The zero-order valence-electron chi connectivity index (χ0n) is 17.1. The predicted octanol–water partition coefficient (Wildman–Crippen LogP) is 3.15. The van der Waals surface area contributed by atoms with Gasteiger partial charge in [0.15, 0.2) is 0 Å². The monoisotopic (exact) mass is 423 g/mol. The zero-order chi connectivity index (χ0) is 21.7. The van der Waals surface area contributed by atoms with Crippen molar-refractivity contribution in [3.63, 3.8) is 0 Å². The Balaban J connectivity index is 1.07. The molecule has 3 fully saturated rings. The lowest BCUT2D eigenvalue weighted by molar-refractivity contribution is -0.384. The van der Waals surface area contributed by atoms with Gasteiger partial charge >= 0.3 is 0 Å². The number of nitrogens with one attached hydrogen (secondary N) is 1. The van der Waals surface area contributed by atoms with Crippen molar-refractivity contribution >= 4 is 29.1 Å². The summed E-state index contributed by atoms with van der Waals surface area (Å²) in [5.41, 5.74) is 0.329. The van der Waals surface area contributed by atoms with Gasteiger partial charge in [-0.15, -0.1) is 0 Å². The van der Waals surface area contributed by atoms with E-state index < -0.39 is 4.92 Å². The van der Waals surface area contributed by atoms with E-state index in [1.807, 2.05) is 0 Å². The summed E-state index contributed by atoms with van der Waals surface area (Å²) in [6, 6.07) is 5.84. The standard InChI is InChI=1S/C23H25N3O5/c27-19(24-13-5-4-6-14(11-13)26(30)31)7-2-1-3-10-25-22(28)20-15-8-9-16(18-12-17(15)18)21(20)23(25)29/h4-6,8-9,11,15-18,20-21H,1-3,7,10,12H2,(H,24,27). The number of carbonyl (C=O) groups excluding carboxylic acids is 3. The quantitative estimate of drug-likeness (QED) is 0.227. The number of allylic oxidation sites excluding steroid dienone is 2. The second-order valence-electron chi connectivity index (χ2n) is 9.15. The molecule has 0 radical (unpaired) electrons. The lowest BCUT2D eigenvalue weighted by Gasteiger charge is -2.37. The average Bonchev–Trinajstić information content (AvgIpc) is 3.53. The molecule has 1 aliphatic heterocycles. The van der Waals surface area contributed by atoms with Gasteiger partial charge in [-0.25, -0.2) is 0 Å². The van der Waals surface area contributed by atoms with Crippen LogP contribution in [0.15, 0.2) is 36.4 Å². The van der Waals surface area contributed by atoms with E-state index in [0.29, 0.717) is 36.9 Å². The number of imide groups is 1. The third-order valence-electron chi connectivity index (χ3n) is 7.38. The van der Waals surface area contributed by atoms with Crippen LogP contribution in [-0.4, -0.2) is 34.1 Å². The summed E-state index contributed by atoms with van der Waals surface area (Å²) in [5.74, 6) is 1.22. The SMILES string of the molecule is O=C(CCCCCN1C(=O)C2C3C=CC(C4CC34)C2C1=O)Nc1cccc([N+](=O)[O-])c1. The van der Waals surface area contributed by atoms with Crippen LogP contribution in [0, 0.1) is 45.6 Å². The van der Waals surface area contributed by atoms with Gasteiger partial charge in [-0.1, -0.05) is 24.6 Å². The number of hydrogen-bond donors (Lipinski definition) is 1. The Labute approximate surface area is 179 Å². The molecule has 8 heteroatoms. The first-order valence-corrected chi connectivity index (χ1v) is 11.0. The highest BCUT2D eigenvalue weighted by Crippen LogP contribution is 2.65. The van der Waals surface area contributed by atoms with Crippen LogP contribution in [-0.2, 0) is 14.4 Å². The number of rotatable bonds is 8. The van der Waals surface area contributed by atoms with E-state index in [9.17, 15) is 24.5 Å². The molecule has 5 aliphatic rings. The first-order chi connectivity index (χ1) is 15.0. The molecule has 2 bridgehead atoms. The van der Waals surface area contributed by atoms with Crippen molar-refractivity contribution in [1.82, 2.24) is 4.90 Å². The van der Waals surface area contributed by atoms with Gasteiger partial charge in [-0.2, -0.15) is 0 Å². The average molecular weight is 423 g/mol. The molecule has 6 atom stereocenters. The molecule has 1 N–H and O–H groups in total. The van der Waals surface area contributed by atoms with Crippen LogP contribution in [0.1, 0.15) is 32.1 Å². The number of likely N-dealkylation sites (tertiary alicyclic amines) is 1. The van der Waals surface area contributed by atoms with Crippen molar-refractivity contribution < 1.29 is 19.3 Å². The predicted molar refractivity (Wildman–Crippen MR) is 112 cm³/mol. The van der Waals surface area contributed by atoms with Crippen molar-refractivity contribution in [2.75, 3.05) is 11.9 Å². The Kier molecular flexibility index (Phi) is 4.87.